The van der Waals surface area contributed by atoms with Crippen LogP contribution >= 0.6 is 0 Å². The molecule has 3 rings (SSSR count). The number of likely N-dealkylation sites (tertiary alicyclic amines) is 1. The van der Waals surface area contributed by atoms with Gasteiger partial charge in [0.05, 0.1) is 7.11 Å². The Labute approximate surface area is 147 Å². The van der Waals surface area contributed by atoms with E-state index in [1.54, 1.807) is 25.6 Å². The smallest absolute Gasteiger partial charge is 0.222 e. The SMILES string of the molecule is COc1ccc(-c2ncc(C)c(NCCCN3CCCC3=O)n2)cn1. The second kappa shape index (κ2) is 7.92. The normalized spacial score (nSPS) is 14.0. The van der Waals surface area contributed by atoms with E-state index in [4.69, 9.17) is 4.74 Å². The van der Waals surface area contributed by atoms with Crippen molar-refractivity contribution in [1.82, 2.24) is 19.9 Å². The van der Waals surface area contributed by atoms with Crippen molar-refractivity contribution in [3.63, 3.8) is 0 Å². The van der Waals surface area contributed by atoms with Gasteiger partial charge in [0.2, 0.25) is 11.8 Å². The lowest BCUT2D eigenvalue weighted by molar-refractivity contribution is -0.127. The van der Waals surface area contributed by atoms with Crippen LogP contribution < -0.4 is 10.1 Å². The van der Waals surface area contributed by atoms with E-state index >= 15 is 0 Å². The first kappa shape index (κ1) is 17.1. The van der Waals surface area contributed by atoms with Crippen LogP contribution in [0.1, 0.15) is 24.8 Å². The average Bonchev–Trinajstić information content (AvgIpc) is 3.05. The summed E-state index contributed by atoms with van der Waals surface area (Å²) in [6, 6.07) is 3.68. The van der Waals surface area contributed by atoms with Crippen molar-refractivity contribution >= 4 is 11.7 Å². The van der Waals surface area contributed by atoms with Gasteiger partial charge in [-0.3, -0.25) is 4.79 Å². The van der Waals surface area contributed by atoms with Crippen LogP contribution in [0, 0.1) is 6.92 Å². The van der Waals surface area contributed by atoms with E-state index < -0.39 is 0 Å². The van der Waals surface area contributed by atoms with Crippen molar-refractivity contribution in [1.29, 1.82) is 0 Å². The first-order chi connectivity index (χ1) is 12.2. The highest BCUT2D eigenvalue weighted by Crippen LogP contribution is 2.20. The van der Waals surface area contributed by atoms with Crippen molar-refractivity contribution in [2.45, 2.75) is 26.2 Å². The Morgan fingerprint density at radius 1 is 1.28 bits per heavy atom. The Bertz CT molecular complexity index is 733. The number of nitrogens with one attached hydrogen (secondary N) is 1. The van der Waals surface area contributed by atoms with Crippen molar-refractivity contribution < 1.29 is 9.53 Å². The quantitative estimate of drug-likeness (QED) is 0.778. The molecule has 0 unspecified atom stereocenters. The Hall–Kier alpha value is -2.70. The number of aryl methyl sites for hydroxylation is 1. The van der Waals surface area contributed by atoms with Gasteiger partial charge in [-0.2, -0.15) is 0 Å². The molecule has 0 bridgehead atoms. The Morgan fingerprint density at radius 2 is 2.16 bits per heavy atom. The summed E-state index contributed by atoms with van der Waals surface area (Å²) in [4.78, 5) is 26.7. The number of amides is 1. The highest BCUT2D eigenvalue weighted by atomic mass is 16.5. The van der Waals surface area contributed by atoms with Crippen molar-refractivity contribution in [2.75, 3.05) is 32.1 Å². The number of pyridine rings is 1. The topological polar surface area (TPSA) is 80.2 Å². The molecule has 3 heterocycles. The summed E-state index contributed by atoms with van der Waals surface area (Å²) in [7, 11) is 1.59. The summed E-state index contributed by atoms with van der Waals surface area (Å²) in [5.74, 6) is 2.27. The Kier molecular flexibility index (Phi) is 5.42. The fourth-order valence-corrected chi connectivity index (χ4v) is 2.81. The molecule has 0 spiro atoms. The molecule has 1 saturated heterocycles. The molecule has 0 aliphatic carbocycles. The second-order valence-corrected chi connectivity index (χ2v) is 6.08. The molecule has 1 fully saturated rings. The molecule has 7 heteroatoms. The summed E-state index contributed by atoms with van der Waals surface area (Å²) >= 11 is 0. The lowest BCUT2D eigenvalue weighted by Gasteiger charge is -2.16. The minimum Gasteiger partial charge on any atom is -0.481 e. The number of anilines is 1. The maximum atomic E-state index is 11.6. The van der Waals surface area contributed by atoms with Crippen LogP contribution in [0.5, 0.6) is 5.88 Å². The van der Waals surface area contributed by atoms with Crippen LogP contribution in [0.3, 0.4) is 0 Å². The van der Waals surface area contributed by atoms with Gasteiger partial charge in [0.25, 0.3) is 0 Å². The summed E-state index contributed by atoms with van der Waals surface area (Å²) < 4.78 is 5.07. The summed E-state index contributed by atoms with van der Waals surface area (Å²) in [5, 5.41) is 3.35. The minimum absolute atomic E-state index is 0.271. The monoisotopic (exact) mass is 341 g/mol. The van der Waals surface area contributed by atoms with Crippen LogP contribution in [0.25, 0.3) is 11.4 Å². The molecule has 0 radical (unpaired) electrons. The van der Waals surface area contributed by atoms with Crippen LogP contribution in [0.2, 0.25) is 0 Å². The predicted octanol–water partition coefficient (Wildman–Crippen LogP) is 2.28. The lowest BCUT2D eigenvalue weighted by atomic mass is 10.2. The van der Waals surface area contributed by atoms with Crippen molar-refractivity contribution in [3.8, 4) is 17.3 Å². The number of hydrogen-bond acceptors (Lipinski definition) is 6. The molecule has 1 amide bonds. The van der Waals surface area contributed by atoms with Gasteiger partial charge in [0.15, 0.2) is 5.82 Å². The van der Waals surface area contributed by atoms with E-state index in [-0.39, 0.29) is 5.91 Å². The van der Waals surface area contributed by atoms with Crippen LogP contribution in [-0.2, 0) is 4.79 Å². The minimum atomic E-state index is 0.271. The van der Waals surface area contributed by atoms with Gasteiger partial charge in [-0.25, -0.2) is 15.0 Å². The first-order valence-corrected chi connectivity index (χ1v) is 8.53. The standard InChI is InChI=1S/C18H23N5O2/c1-13-11-21-18(14-6-7-15(25-2)20-12-14)22-17(13)19-8-4-10-23-9-3-5-16(23)24/h6-7,11-12H,3-5,8-10H2,1-2H3,(H,19,21,22). The maximum absolute atomic E-state index is 11.6. The first-order valence-electron chi connectivity index (χ1n) is 8.53. The van der Waals surface area contributed by atoms with Gasteiger partial charge in [0, 0.05) is 55.6 Å². The number of ether oxygens (including phenoxy) is 1. The van der Waals surface area contributed by atoms with E-state index in [0.29, 0.717) is 18.1 Å². The number of carbonyl (C=O) groups excluding carboxylic acids is 1. The van der Waals surface area contributed by atoms with E-state index in [9.17, 15) is 4.79 Å². The van der Waals surface area contributed by atoms with Crippen LogP contribution in [0.4, 0.5) is 5.82 Å². The molecule has 1 aliphatic rings. The van der Waals surface area contributed by atoms with Gasteiger partial charge < -0.3 is 15.0 Å². The van der Waals surface area contributed by atoms with Crippen LogP contribution in [0.15, 0.2) is 24.5 Å². The van der Waals surface area contributed by atoms with E-state index in [0.717, 1.165) is 49.4 Å². The van der Waals surface area contributed by atoms with Crippen molar-refractivity contribution in [3.05, 3.63) is 30.1 Å². The number of hydrogen-bond donors (Lipinski definition) is 1. The second-order valence-electron chi connectivity index (χ2n) is 6.08. The van der Waals surface area contributed by atoms with Crippen molar-refractivity contribution in [2.24, 2.45) is 0 Å². The maximum Gasteiger partial charge on any atom is 0.222 e. The molecule has 0 aromatic carbocycles. The Morgan fingerprint density at radius 3 is 2.84 bits per heavy atom. The van der Waals surface area contributed by atoms with Gasteiger partial charge in [-0.05, 0) is 25.8 Å². The van der Waals surface area contributed by atoms with Gasteiger partial charge >= 0.3 is 0 Å². The fraction of sp³-hybridized carbons (Fsp3) is 0.444. The fourth-order valence-electron chi connectivity index (χ4n) is 2.81. The van der Waals surface area contributed by atoms with E-state index in [1.165, 1.54) is 0 Å². The summed E-state index contributed by atoms with van der Waals surface area (Å²) in [6.45, 7) is 4.43. The zero-order valence-electron chi connectivity index (χ0n) is 14.7. The highest BCUT2D eigenvalue weighted by Gasteiger charge is 2.19. The number of carbonyl (C=O) groups is 1. The number of aromatic nitrogens is 3. The summed E-state index contributed by atoms with van der Waals surface area (Å²) in [6.07, 6.45) is 6.08. The van der Waals surface area contributed by atoms with E-state index in [1.807, 2.05) is 17.9 Å². The molecular formula is C18H23N5O2. The van der Waals surface area contributed by atoms with Crippen LogP contribution in [-0.4, -0.2) is 52.5 Å². The lowest BCUT2D eigenvalue weighted by Crippen LogP contribution is -2.27. The van der Waals surface area contributed by atoms with Gasteiger partial charge in [-0.1, -0.05) is 0 Å². The molecule has 2 aromatic heterocycles. The molecule has 7 nitrogen and oxygen atoms in total. The van der Waals surface area contributed by atoms with Gasteiger partial charge in [0.1, 0.15) is 5.82 Å². The molecule has 132 valence electrons. The molecule has 0 atom stereocenters. The third-order valence-electron chi connectivity index (χ3n) is 4.24. The average molecular weight is 341 g/mol. The predicted molar refractivity (Wildman–Crippen MR) is 95.5 cm³/mol. The zero-order chi connectivity index (χ0) is 17.6. The molecule has 2 aromatic rings. The number of methoxy groups -OCH3 is 1. The third kappa shape index (κ3) is 4.23. The molecular weight excluding hydrogens is 318 g/mol. The summed E-state index contributed by atoms with van der Waals surface area (Å²) in [5.41, 5.74) is 1.83. The number of nitrogens with zero attached hydrogens (tertiary/aromatic N) is 4. The van der Waals surface area contributed by atoms with E-state index in [2.05, 4.69) is 20.3 Å². The Balaban J connectivity index is 1.60. The third-order valence-corrected chi connectivity index (χ3v) is 4.24. The molecule has 1 N–H and O–H groups in total. The highest BCUT2D eigenvalue weighted by molar-refractivity contribution is 5.78. The molecule has 1 aliphatic heterocycles. The van der Waals surface area contributed by atoms with Gasteiger partial charge in [-0.15, -0.1) is 0 Å². The molecule has 25 heavy (non-hydrogen) atoms. The molecule has 0 saturated carbocycles. The number of rotatable bonds is 7. The zero-order valence-corrected chi connectivity index (χ0v) is 14.7. The largest absolute Gasteiger partial charge is 0.481 e.